The number of aliphatic hydroxyl groups excluding tert-OH is 3. The van der Waals surface area contributed by atoms with Gasteiger partial charge in [0.05, 0.1) is 18.3 Å². The van der Waals surface area contributed by atoms with E-state index in [2.05, 4.69) is 23.1 Å². The number of nitriles is 1. The average Bonchev–Trinajstić information content (AvgIpc) is 2.82. The van der Waals surface area contributed by atoms with Gasteiger partial charge in [0.2, 0.25) is 0 Å². The van der Waals surface area contributed by atoms with Crippen LogP contribution in [0.25, 0.3) is 16.3 Å². The molecule has 2 aromatic rings. The third-order valence-electron chi connectivity index (χ3n) is 6.04. The lowest BCUT2D eigenvalue weighted by atomic mass is 9.94. The second-order valence-corrected chi connectivity index (χ2v) is 8.18. The van der Waals surface area contributed by atoms with Crippen molar-refractivity contribution >= 4 is 27.8 Å². The Morgan fingerprint density at radius 2 is 1.74 bits per heavy atom. The maximum atomic E-state index is 12.5. The summed E-state index contributed by atoms with van der Waals surface area (Å²) in [6.07, 6.45) is 1.15. The number of nitrogens with zero attached hydrogens (tertiary/aromatic N) is 2. The van der Waals surface area contributed by atoms with Gasteiger partial charge in [0.25, 0.3) is 0 Å². The molecule has 164 valence electrons. The molecule has 31 heavy (non-hydrogen) atoms. The third-order valence-corrected chi connectivity index (χ3v) is 6.04. The van der Waals surface area contributed by atoms with Gasteiger partial charge >= 0.3 is 0 Å². The predicted molar refractivity (Wildman–Crippen MR) is 122 cm³/mol. The van der Waals surface area contributed by atoms with E-state index < -0.39 is 18.8 Å². The summed E-state index contributed by atoms with van der Waals surface area (Å²) in [4.78, 5) is 15.0. The van der Waals surface area contributed by atoms with Crippen LogP contribution in [0.1, 0.15) is 44.6 Å². The smallest absolute Gasteiger partial charge is 0.173 e. The van der Waals surface area contributed by atoms with E-state index in [1.807, 2.05) is 24.3 Å². The molecule has 0 saturated carbocycles. The van der Waals surface area contributed by atoms with Gasteiger partial charge in [-0.3, -0.25) is 4.79 Å². The van der Waals surface area contributed by atoms with Crippen LogP contribution in [0.15, 0.2) is 42.0 Å². The molecule has 6 heteroatoms. The van der Waals surface area contributed by atoms with E-state index in [1.165, 1.54) is 24.9 Å². The molecule has 0 spiro atoms. The van der Waals surface area contributed by atoms with Crippen molar-refractivity contribution in [1.82, 2.24) is 0 Å². The van der Waals surface area contributed by atoms with E-state index in [0.29, 0.717) is 5.57 Å². The fourth-order valence-electron chi connectivity index (χ4n) is 4.03. The zero-order valence-corrected chi connectivity index (χ0v) is 17.9. The Labute approximate surface area is 183 Å². The Hall–Kier alpha value is -2.72. The first-order chi connectivity index (χ1) is 14.9. The number of fused-ring (bicyclic) bond motifs is 1. The van der Waals surface area contributed by atoms with Crippen LogP contribution in [0.5, 0.6) is 0 Å². The maximum Gasteiger partial charge on any atom is 0.173 e. The van der Waals surface area contributed by atoms with Crippen molar-refractivity contribution in [2.24, 2.45) is 0 Å². The number of Topliss-reactive ketones (excluding diaryl/α,β-unsaturated/α-hetero) is 1. The fourth-order valence-corrected chi connectivity index (χ4v) is 4.03. The van der Waals surface area contributed by atoms with Crippen LogP contribution in [0.4, 0.5) is 5.69 Å². The minimum absolute atomic E-state index is 0.0178. The topological polar surface area (TPSA) is 105 Å². The molecule has 2 unspecified atom stereocenters. The number of carbonyl (C=O) groups excluding carboxylic acids is 1. The van der Waals surface area contributed by atoms with Crippen LogP contribution >= 0.6 is 0 Å². The van der Waals surface area contributed by atoms with E-state index >= 15 is 0 Å². The number of hydrogen-bond donors (Lipinski definition) is 3. The number of benzene rings is 2. The van der Waals surface area contributed by atoms with Gasteiger partial charge in [0.15, 0.2) is 5.78 Å². The first-order valence-corrected chi connectivity index (χ1v) is 10.8. The minimum Gasteiger partial charge on any atom is -0.394 e. The van der Waals surface area contributed by atoms with E-state index in [9.17, 15) is 20.3 Å². The Morgan fingerprint density at radius 1 is 1.06 bits per heavy atom. The van der Waals surface area contributed by atoms with Crippen molar-refractivity contribution in [3.05, 3.63) is 47.5 Å². The first-order valence-electron chi connectivity index (χ1n) is 10.8. The number of piperidine rings is 1. The van der Waals surface area contributed by atoms with Crippen LogP contribution in [-0.2, 0) is 4.79 Å². The van der Waals surface area contributed by atoms with E-state index in [4.69, 9.17) is 5.11 Å². The number of anilines is 1. The highest BCUT2D eigenvalue weighted by molar-refractivity contribution is 6.06. The molecule has 6 nitrogen and oxygen atoms in total. The van der Waals surface area contributed by atoms with Gasteiger partial charge in [-0.15, -0.1) is 0 Å². The van der Waals surface area contributed by atoms with Gasteiger partial charge in [-0.1, -0.05) is 18.2 Å². The largest absolute Gasteiger partial charge is 0.394 e. The third kappa shape index (κ3) is 5.50. The number of rotatable bonds is 8. The van der Waals surface area contributed by atoms with Crippen molar-refractivity contribution in [2.45, 2.75) is 51.2 Å². The number of allylic oxidation sites excluding steroid dienone is 2. The summed E-state index contributed by atoms with van der Waals surface area (Å²) < 4.78 is 0. The molecule has 1 aliphatic rings. The molecule has 1 saturated heterocycles. The molecule has 0 aliphatic carbocycles. The highest BCUT2D eigenvalue weighted by Crippen LogP contribution is 2.28. The normalized spacial score (nSPS) is 17.1. The number of aliphatic hydroxyl groups is 3. The molecule has 0 aromatic heterocycles. The molecule has 0 radical (unpaired) electrons. The van der Waals surface area contributed by atoms with Crippen LogP contribution in [0.3, 0.4) is 0 Å². The highest BCUT2D eigenvalue weighted by Gasteiger charge is 2.20. The van der Waals surface area contributed by atoms with Crippen molar-refractivity contribution < 1.29 is 20.1 Å². The van der Waals surface area contributed by atoms with Crippen LogP contribution in [0, 0.1) is 11.3 Å². The summed E-state index contributed by atoms with van der Waals surface area (Å²) in [6.45, 7) is 3.34. The molecule has 2 aromatic carbocycles. The summed E-state index contributed by atoms with van der Waals surface area (Å²) in [5.41, 5.74) is 2.67. The first kappa shape index (κ1) is 23.0. The van der Waals surface area contributed by atoms with Crippen molar-refractivity contribution in [1.29, 1.82) is 5.26 Å². The summed E-state index contributed by atoms with van der Waals surface area (Å²) in [6, 6.07) is 14.3. The van der Waals surface area contributed by atoms with E-state index in [-0.39, 0.29) is 24.2 Å². The number of carbonyl (C=O) groups is 1. The second-order valence-electron chi connectivity index (χ2n) is 8.18. The van der Waals surface area contributed by atoms with Gasteiger partial charge in [-0.2, -0.15) is 5.26 Å². The predicted octanol–water partition coefficient (Wildman–Crippen LogP) is 3.19. The summed E-state index contributed by atoms with van der Waals surface area (Å²) in [5.74, 6) is -0.385. The Bertz CT molecular complexity index is 1000. The zero-order valence-electron chi connectivity index (χ0n) is 17.9. The fraction of sp³-hybridized carbons (Fsp3) is 0.440. The van der Waals surface area contributed by atoms with Gasteiger partial charge in [-0.25, -0.2) is 0 Å². The summed E-state index contributed by atoms with van der Waals surface area (Å²) in [5, 5.41) is 39.8. The molecule has 1 aliphatic heterocycles. The molecule has 1 fully saturated rings. The number of ketones is 1. The molecule has 1 heterocycles. The monoisotopic (exact) mass is 422 g/mol. The molecule has 0 amide bonds. The molecule has 0 bridgehead atoms. The number of hydrogen-bond acceptors (Lipinski definition) is 6. The van der Waals surface area contributed by atoms with Crippen molar-refractivity contribution in [3.63, 3.8) is 0 Å². The molecule has 3 rings (SSSR count). The van der Waals surface area contributed by atoms with Gasteiger partial charge < -0.3 is 20.2 Å². The van der Waals surface area contributed by atoms with Crippen molar-refractivity contribution in [3.8, 4) is 6.07 Å². The Kier molecular flexibility index (Phi) is 7.80. The lowest BCUT2D eigenvalue weighted by molar-refractivity contribution is -0.116. The Balaban J connectivity index is 1.80. The van der Waals surface area contributed by atoms with Gasteiger partial charge in [0, 0.05) is 25.2 Å². The molecular formula is C25H30N2O4. The minimum atomic E-state index is -1.29. The van der Waals surface area contributed by atoms with Gasteiger partial charge in [0.1, 0.15) is 12.2 Å². The molecular weight excluding hydrogens is 392 g/mol. The van der Waals surface area contributed by atoms with Crippen LogP contribution < -0.4 is 4.90 Å². The lowest BCUT2D eigenvalue weighted by Gasteiger charge is -2.29. The second kappa shape index (κ2) is 10.5. The Morgan fingerprint density at radius 3 is 2.42 bits per heavy atom. The quantitative estimate of drug-likeness (QED) is 0.446. The van der Waals surface area contributed by atoms with E-state index in [1.54, 1.807) is 6.92 Å². The van der Waals surface area contributed by atoms with Crippen LogP contribution in [0.2, 0.25) is 0 Å². The zero-order chi connectivity index (χ0) is 22.4. The lowest BCUT2D eigenvalue weighted by Crippen LogP contribution is -2.29. The molecule has 2 atom stereocenters. The molecule has 3 N–H and O–H groups in total. The maximum absolute atomic E-state index is 12.5. The standard InChI is InChI=1S/C25H30N2O4/c1-17(22(15-26)23(29)9-10-24(30)25(31)16-28)18-5-6-20-14-21(8-7-19(20)13-18)27-11-3-2-4-12-27/h5-8,13-14,24-25,28,30-31H,2-4,9-12,16H2,1H3/b22-17+. The highest BCUT2D eigenvalue weighted by atomic mass is 16.4. The average molecular weight is 423 g/mol. The van der Waals surface area contributed by atoms with Gasteiger partial charge in [-0.05, 0) is 72.7 Å². The van der Waals surface area contributed by atoms with Crippen LogP contribution in [-0.4, -0.2) is 53.0 Å². The summed E-state index contributed by atoms with van der Waals surface area (Å²) in [7, 11) is 0. The SMILES string of the molecule is C/C(=C(/C#N)C(=O)CCC(O)C(O)CO)c1ccc2cc(N3CCCCC3)ccc2c1. The van der Waals surface area contributed by atoms with Crippen molar-refractivity contribution in [2.75, 3.05) is 24.6 Å². The van der Waals surface area contributed by atoms with E-state index in [0.717, 1.165) is 29.4 Å². The summed E-state index contributed by atoms with van der Waals surface area (Å²) >= 11 is 0.